The fraction of sp³-hybridized carbons (Fsp3) is 0.0833. The number of nitrogens with zero attached hydrogens (tertiary/aromatic N) is 1. The van der Waals surface area contributed by atoms with Gasteiger partial charge in [-0.3, -0.25) is 9.71 Å². The quantitative estimate of drug-likeness (QED) is 0.791. The van der Waals surface area contributed by atoms with Crippen LogP contribution in [0.25, 0.3) is 0 Å². The van der Waals surface area contributed by atoms with E-state index in [0.717, 1.165) is 5.56 Å². The van der Waals surface area contributed by atoms with Crippen molar-refractivity contribution in [2.45, 2.75) is 10.2 Å². The van der Waals surface area contributed by atoms with E-state index >= 15 is 0 Å². The van der Waals surface area contributed by atoms with Crippen LogP contribution in [0.5, 0.6) is 0 Å². The average Bonchev–Trinajstić information content (AvgIpc) is 2.38. The first-order chi connectivity index (χ1) is 9.01. The van der Waals surface area contributed by atoms with E-state index in [4.69, 9.17) is 0 Å². The normalized spacial score (nSPS) is 11.3. The molecule has 0 unspecified atom stereocenters. The molecule has 19 heavy (non-hydrogen) atoms. The molecule has 0 fully saturated rings. The van der Waals surface area contributed by atoms with Gasteiger partial charge in [-0.1, -0.05) is 28.1 Å². The number of aromatic nitrogens is 1. The lowest BCUT2D eigenvalue weighted by atomic mass is 10.2. The Bertz CT molecular complexity index is 690. The molecular weight excluding hydrogens is 396 g/mol. The Kier molecular flexibility index (Phi) is 4.59. The third kappa shape index (κ3) is 3.77. The number of rotatable bonds is 4. The topological polar surface area (TPSA) is 59.1 Å². The van der Waals surface area contributed by atoms with Gasteiger partial charge in [0.1, 0.15) is 4.90 Å². The Morgan fingerprint density at radius 1 is 1.21 bits per heavy atom. The van der Waals surface area contributed by atoms with Gasteiger partial charge in [0.25, 0.3) is 10.0 Å². The molecule has 0 atom stereocenters. The van der Waals surface area contributed by atoms with Crippen molar-refractivity contribution in [1.29, 1.82) is 0 Å². The molecule has 0 bridgehead atoms. The summed E-state index contributed by atoms with van der Waals surface area (Å²) in [5, 5.41) is 0.668. The van der Waals surface area contributed by atoms with Crippen LogP contribution in [0.2, 0.25) is 0 Å². The zero-order valence-electron chi connectivity index (χ0n) is 9.68. The van der Waals surface area contributed by atoms with Crippen LogP contribution in [0.15, 0.2) is 52.1 Å². The Labute approximate surface area is 128 Å². The molecule has 0 saturated heterocycles. The largest absolute Gasteiger partial charge is 0.280 e. The van der Waals surface area contributed by atoms with Gasteiger partial charge in [-0.05, 0) is 39.7 Å². The number of hydrogen-bond acceptors (Lipinski definition) is 3. The standard InChI is InChI=1S/C12H10Br2N2O2S/c13-6-9-2-1-3-11(4-9)16-19(17,18)12-5-10(14)7-15-8-12/h1-5,7-8,16H,6H2. The van der Waals surface area contributed by atoms with E-state index in [9.17, 15) is 8.42 Å². The first kappa shape index (κ1) is 14.5. The SMILES string of the molecule is O=S(=O)(Nc1cccc(CBr)c1)c1cncc(Br)c1. The van der Waals surface area contributed by atoms with Crippen LogP contribution in [0.1, 0.15) is 5.56 Å². The smallest absolute Gasteiger partial charge is 0.263 e. The summed E-state index contributed by atoms with van der Waals surface area (Å²) in [5.41, 5.74) is 1.52. The third-order valence-corrected chi connectivity index (χ3v) is 4.75. The molecule has 0 aliphatic rings. The van der Waals surface area contributed by atoms with Crippen molar-refractivity contribution in [1.82, 2.24) is 4.98 Å². The Morgan fingerprint density at radius 3 is 2.68 bits per heavy atom. The van der Waals surface area contributed by atoms with Crippen LogP contribution >= 0.6 is 31.9 Å². The van der Waals surface area contributed by atoms with Crippen molar-refractivity contribution in [2.75, 3.05) is 4.72 Å². The van der Waals surface area contributed by atoms with Gasteiger partial charge in [0.05, 0.1) is 0 Å². The molecule has 100 valence electrons. The molecule has 0 aliphatic heterocycles. The van der Waals surface area contributed by atoms with Crippen molar-refractivity contribution >= 4 is 47.6 Å². The number of sulfonamides is 1. The minimum atomic E-state index is -3.62. The van der Waals surface area contributed by atoms with Crippen molar-refractivity contribution in [3.8, 4) is 0 Å². The zero-order chi connectivity index (χ0) is 13.9. The summed E-state index contributed by atoms with van der Waals surface area (Å²) in [6.07, 6.45) is 2.84. The fourth-order valence-electron chi connectivity index (χ4n) is 1.47. The molecule has 7 heteroatoms. The highest BCUT2D eigenvalue weighted by molar-refractivity contribution is 9.10. The molecule has 1 heterocycles. The summed E-state index contributed by atoms with van der Waals surface area (Å²) in [6, 6.07) is 8.69. The van der Waals surface area contributed by atoms with E-state index in [2.05, 4.69) is 41.6 Å². The number of benzene rings is 1. The van der Waals surface area contributed by atoms with Gasteiger partial charge >= 0.3 is 0 Å². The second-order valence-corrected chi connectivity index (χ2v) is 6.94. The Morgan fingerprint density at radius 2 is 2.00 bits per heavy atom. The molecule has 2 aromatic rings. The highest BCUT2D eigenvalue weighted by Gasteiger charge is 2.15. The Balaban J connectivity index is 2.31. The van der Waals surface area contributed by atoms with Crippen LogP contribution in [0, 0.1) is 0 Å². The van der Waals surface area contributed by atoms with Gasteiger partial charge in [0, 0.05) is 27.9 Å². The lowest BCUT2D eigenvalue weighted by molar-refractivity contribution is 0.600. The minimum absolute atomic E-state index is 0.117. The number of anilines is 1. The number of pyridine rings is 1. The third-order valence-electron chi connectivity index (χ3n) is 2.32. The van der Waals surface area contributed by atoms with Gasteiger partial charge in [-0.25, -0.2) is 8.42 Å². The molecule has 1 N–H and O–H groups in total. The highest BCUT2D eigenvalue weighted by Crippen LogP contribution is 2.19. The molecular formula is C12H10Br2N2O2S. The predicted molar refractivity (Wildman–Crippen MR) is 81.8 cm³/mol. The van der Waals surface area contributed by atoms with Gasteiger partial charge < -0.3 is 0 Å². The monoisotopic (exact) mass is 404 g/mol. The van der Waals surface area contributed by atoms with Crippen molar-refractivity contribution in [3.63, 3.8) is 0 Å². The molecule has 0 amide bonds. The van der Waals surface area contributed by atoms with E-state index in [0.29, 0.717) is 15.5 Å². The van der Waals surface area contributed by atoms with E-state index in [1.54, 1.807) is 18.2 Å². The van der Waals surface area contributed by atoms with Crippen LogP contribution in [-0.2, 0) is 15.4 Å². The Hall–Kier alpha value is -0.920. The van der Waals surface area contributed by atoms with Crippen LogP contribution in [-0.4, -0.2) is 13.4 Å². The molecule has 0 radical (unpaired) electrons. The van der Waals surface area contributed by atoms with Crippen LogP contribution < -0.4 is 4.72 Å². The van der Waals surface area contributed by atoms with E-state index < -0.39 is 10.0 Å². The zero-order valence-corrected chi connectivity index (χ0v) is 13.7. The maximum Gasteiger partial charge on any atom is 0.263 e. The summed E-state index contributed by atoms with van der Waals surface area (Å²) in [5.74, 6) is 0. The summed E-state index contributed by atoms with van der Waals surface area (Å²) >= 11 is 6.53. The molecule has 0 spiro atoms. The van der Waals surface area contributed by atoms with E-state index in [1.165, 1.54) is 18.5 Å². The fourth-order valence-corrected chi connectivity index (χ4v) is 3.37. The van der Waals surface area contributed by atoms with Gasteiger partial charge in [0.2, 0.25) is 0 Å². The lowest BCUT2D eigenvalue weighted by Crippen LogP contribution is -2.13. The molecule has 0 aliphatic carbocycles. The number of halogens is 2. The van der Waals surface area contributed by atoms with Gasteiger partial charge in [-0.2, -0.15) is 0 Å². The molecule has 0 saturated carbocycles. The number of alkyl halides is 1. The maximum atomic E-state index is 12.2. The second kappa shape index (κ2) is 6.02. The highest BCUT2D eigenvalue weighted by atomic mass is 79.9. The molecule has 1 aromatic heterocycles. The molecule has 4 nitrogen and oxygen atoms in total. The summed E-state index contributed by atoms with van der Waals surface area (Å²) in [4.78, 5) is 3.97. The first-order valence-corrected chi connectivity index (χ1v) is 8.69. The number of hydrogen-bond donors (Lipinski definition) is 1. The molecule has 2 rings (SSSR count). The maximum absolute atomic E-state index is 12.2. The van der Waals surface area contributed by atoms with Crippen LogP contribution in [0.3, 0.4) is 0 Å². The van der Waals surface area contributed by atoms with Crippen molar-refractivity contribution < 1.29 is 8.42 Å². The summed E-state index contributed by atoms with van der Waals surface area (Å²) < 4.78 is 27.5. The summed E-state index contributed by atoms with van der Waals surface area (Å²) in [7, 11) is -3.62. The second-order valence-electron chi connectivity index (χ2n) is 3.78. The van der Waals surface area contributed by atoms with E-state index in [1.807, 2.05) is 6.07 Å². The van der Waals surface area contributed by atoms with Gasteiger partial charge in [-0.15, -0.1) is 0 Å². The lowest BCUT2D eigenvalue weighted by Gasteiger charge is -2.08. The predicted octanol–water partition coefficient (Wildman–Crippen LogP) is 3.54. The average molecular weight is 406 g/mol. The van der Waals surface area contributed by atoms with E-state index in [-0.39, 0.29) is 4.90 Å². The van der Waals surface area contributed by atoms with Crippen molar-refractivity contribution in [3.05, 3.63) is 52.8 Å². The van der Waals surface area contributed by atoms with Crippen molar-refractivity contribution in [2.24, 2.45) is 0 Å². The van der Waals surface area contributed by atoms with Gasteiger partial charge in [0.15, 0.2) is 0 Å². The minimum Gasteiger partial charge on any atom is -0.280 e. The van der Waals surface area contributed by atoms with Crippen LogP contribution in [0.4, 0.5) is 5.69 Å². The molecule has 1 aromatic carbocycles. The summed E-state index contributed by atoms with van der Waals surface area (Å²) in [6.45, 7) is 0. The first-order valence-electron chi connectivity index (χ1n) is 5.29. The number of nitrogens with one attached hydrogen (secondary N) is 1.